The summed E-state index contributed by atoms with van der Waals surface area (Å²) in [4.78, 5) is 20.2. The molecule has 0 aromatic carbocycles. The second-order valence-electron chi connectivity index (χ2n) is 6.40. The van der Waals surface area contributed by atoms with Crippen molar-refractivity contribution in [3.8, 4) is 0 Å². The van der Waals surface area contributed by atoms with Gasteiger partial charge in [-0.1, -0.05) is 0 Å². The molecule has 1 N–H and O–H groups in total. The van der Waals surface area contributed by atoms with E-state index in [4.69, 9.17) is 4.98 Å². The van der Waals surface area contributed by atoms with Gasteiger partial charge in [-0.05, 0) is 40.2 Å². The van der Waals surface area contributed by atoms with Crippen LogP contribution >= 0.6 is 0 Å². The first kappa shape index (κ1) is 15.8. The highest BCUT2D eigenvalue weighted by molar-refractivity contribution is 5.50. The second kappa shape index (κ2) is 7.00. The zero-order chi connectivity index (χ0) is 16.2. The van der Waals surface area contributed by atoms with Gasteiger partial charge in [0.25, 0.3) is 0 Å². The molecule has 0 unspecified atom stereocenters. The number of rotatable bonds is 4. The normalized spacial score (nSPS) is 19.0. The highest BCUT2D eigenvalue weighted by Crippen LogP contribution is 2.27. The molecule has 0 amide bonds. The summed E-state index contributed by atoms with van der Waals surface area (Å²) in [6.45, 7) is 8.72. The number of hydrogen-bond donors (Lipinski definition) is 1. The molecule has 0 bridgehead atoms. The van der Waals surface area contributed by atoms with Crippen LogP contribution < -0.4 is 5.32 Å². The maximum absolute atomic E-state index is 4.73. The molecular weight excluding hydrogens is 288 g/mol. The third-order valence-corrected chi connectivity index (χ3v) is 4.24. The topological polar surface area (TPSA) is 66.8 Å². The van der Waals surface area contributed by atoms with Crippen LogP contribution in [0.5, 0.6) is 0 Å². The molecule has 1 aliphatic rings. The van der Waals surface area contributed by atoms with E-state index < -0.39 is 0 Å². The molecule has 1 atom stereocenters. The summed E-state index contributed by atoms with van der Waals surface area (Å²) in [7, 11) is 0. The van der Waals surface area contributed by atoms with Crippen molar-refractivity contribution >= 4 is 11.6 Å². The minimum absolute atomic E-state index is 0.397. The first-order valence-corrected chi connectivity index (χ1v) is 8.24. The van der Waals surface area contributed by atoms with Gasteiger partial charge < -0.3 is 10.2 Å². The maximum atomic E-state index is 4.73. The van der Waals surface area contributed by atoms with Crippen molar-refractivity contribution in [1.29, 1.82) is 0 Å². The number of nitrogens with one attached hydrogen (secondary N) is 1. The van der Waals surface area contributed by atoms with Crippen molar-refractivity contribution in [2.45, 2.75) is 45.6 Å². The highest BCUT2D eigenvalue weighted by atomic mass is 15.2. The van der Waals surface area contributed by atoms with Gasteiger partial charge in [-0.25, -0.2) is 15.0 Å². The average molecular weight is 312 g/mol. The van der Waals surface area contributed by atoms with Gasteiger partial charge in [0.2, 0.25) is 0 Å². The molecule has 1 aliphatic heterocycles. The zero-order valence-corrected chi connectivity index (χ0v) is 14.0. The van der Waals surface area contributed by atoms with E-state index in [1.165, 1.54) is 13.0 Å². The Morgan fingerprint density at radius 3 is 2.83 bits per heavy atom. The highest BCUT2D eigenvalue weighted by Gasteiger charge is 2.25. The van der Waals surface area contributed by atoms with Crippen LogP contribution in [0.2, 0.25) is 0 Å². The Labute approximate surface area is 137 Å². The summed E-state index contributed by atoms with van der Waals surface area (Å²) in [6, 6.07) is 2.51. The Morgan fingerprint density at radius 2 is 2.09 bits per heavy atom. The van der Waals surface area contributed by atoms with E-state index in [0.29, 0.717) is 17.8 Å². The number of likely N-dealkylation sites (tertiary alicyclic amines) is 1. The molecule has 2 aromatic rings. The summed E-state index contributed by atoms with van der Waals surface area (Å²) in [5.74, 6) is 2.81. The van der Waals surface area contributed by atoms with Gasteiger partial charge in [0, 0.05) is 42.7 Å². The van der Waals surface area contributed by atoms with Gasteiger partial charge in [0.15, 0.2) is 0 Å². The Morgan fingerprint density at radius 1 is 1.22 bits per heavy atom. The predicted octanol–water partition coefficient (Wildman–Crippen LogP) is 2.91. The average Bonchev–Trinajstić information content (AvgIpc) is 2.55. The van der Waals surface area contributed by atoms with E-state index in [1.807, 2.05) is 13.0 Å². The van der Waals surface area contributed by atoms with Crippen LogP contribution in [0.4, 0.5) is 11.6 Å². The van der Waals surface area contributed by atoms with Crippen molar-refractivity contribution in [2.24, 2.45) is 0 Å². The predicted molar refractivity (Wildman–Crippen MR) is 90.8 cm³/mol. The van der Waals surface area contributed by atoms with E-state index in [9.17, 15) is 0 Å². The lowest BCUT2D eigenvalue weighted by Gasteiger charge is -2.34. The molecule has 23 heavy (non-hydrogen) atoms. The summed E-state index contributed by atoms with van der Waals surface area (Å²) < 4.78 is 0. The maximum Gasteiger partial charge on any atom is 0.150 e. The zero-order valence-electron chi connectivity index (χ0n) is 14.0. The van der Waals surface area contributed by atoms with Gasteiger partial charge in [0.1, 0.15) is 17.5 Å². The summed E-state index contributed by atoms with van der Waals surface area (Å²) in [5, 5.41) is 3.22. The molecule has 1 fully saturated rings. The van der Waals surface area contributed by atoms with E-state index in [1.54, 1.807) is 18.6 Å². The van der Waals surface area contributed by atoms with E-state index in [-0.39, 0.29) is 0 Å². The lowest BCUT2D eigenvalue weighted by atomic mass is 9.96. The molecule has 0 saturated carbocycles. The van der Waals surface area contributed by atoms with Crippen molar-refractivity contribution in [3.05, 3.63) is 36.2 Å². The van der Waals surface area contributed by atoms with Crippen LogP contribution in [-0.2, 0) is 0 Å². The molecule has 2 aromatic heterocycles. The fraction of sp³-hybridized carbons (Fsp3) is 0.529. The van der Waals surface area contributed by atoms with E-state index in [2.05, 4.69) is 39.0 Å². The molecule has 6 heteroatoms. The molecule has 0 radical (unpaired) electrons. The van der Waals surface area contributed by atoms with E-state index in [0.717, 1.165) is 30.3 Å². The molecule has 0 aliphatic carbocycles. The smallest absolute Gasteiger partial charge is 0.150 e. The Bertz CT molecular complexity index is 643. The second-order valence-corrected chi connectivity index (χ2v) is 6.40. The van der Waals surface area contributed by atoms with E-state index >= 15 is 0 Å². The third-order valence-electron chi connectivity index (χ3n) is 4.24. The van der Waals surface area contributed by atoms with Crippen LogP contribution in [0.25, 0.3) is 0 Å². The molecule has 1 saturated heterocycles. The minimum atomic E-state index is 0.397. The minimum Gasteiger partial charge on any atom is -0.324 e. The van der Waals surface area contributed by atoms with Crippen LogP contribution in [0.15, 0.2) is 24.7 Å². The number of aromatic nitrogens is 4. The number of aryl methyl sites for hydroxylation is 1. The molecule has 6 nitrogen and oxygen atoms in total. The van der Waals surface area contributed by atoms with Gasteiger partial charge in [-0.2, -0.15) is 0 Å². The molecule has 0 spiro atoms. The van der Waals surface area contributed by atoms with Crippen LogP contribution in [0.3, 0.4) is 0 Å². The summed E-state index contributed by atoms with van der Waals surface area (Å²) >= 11 is 0. The van der Waals surface area contributed by atoms with Gasteiger partial charge in [0.05, 0.1) is 6.20 Å². The Kier molecular flexibility index (Phi) is 4.81. The molecular formula is C17H24N6. The van der Waals surface area contributed by atoms with Crippen LogP contribution in [-0.4, -0.2) is 44.0 Å². The van der Waals surface area contributed by atoms with Gasteiger partial charge in [-0.15, -0.1) is 0 Å². The molecule has 3 rings (SSSR count). The fourth-order valence-electron chi connectivity index (χ4n) is 3.02. The van der Waals surface area contributed by atoms with Gasteiger partial charge >= 0.3 is 0 Å². The summed E-state index contributed by atoms with van der Waals surface area (Å²) in [5.41, 5.74) is 0.975. The van der Waals surface area contributed by atoms with Crippen molar-refractivity contribution in [1.82, 2.24) is 24.8 Å². The fourth-order valence-corrected chi connectivity index (χ4v) is 3.02. The van der Waals surface area contributed by atoms with Crippen molar-refractivity contribution < 1.29 is 0 Å². The number of anilines is 2. The monoisotopic (exact) mass is 312 g/mol. The quantitative estimate of drug-likeness (QED) is 0.936. The molecule has 122 valence electrons. The van der Waals surface area contributed by atoms with Crippen molar-refractivity contribution in [2.75, 3.05) is 18.4 Å². The first-order chi connectivity index (χ1) is 11.1. The first-order valence-electron chi connectivity index (χ1n) is 8.24. The Hall–Kier alpha value is -2.08. The van der Waals surface area contributed by atoms with Crippen molar-refractivity contribution in [3.63, 3.8) is 0 Å². The summed E-state index contributed by atoms with van der Waals surface area (Å²) in [6.07, 6.45) is 7.37. The number of hydrogen-bond acceptors (Lipinski definition) is 6. The Balaban J connectivity index is 1.80. The standard InChI is InChI=1S/C17H24N6/c1-12(2)23-8-4-5-14(11-23)17-20-13(3)9-15(22-17)21-16-10-18-6-7-19-16/h6-7,9-10,12,14H,4-5,8,11H2,1-3H3,(H,19,20,21,22)/t14-/m0/s1. The number of nitrogens with zero attached hydrogens (tertiary/aromatic N) is 5. The number of piperidine rings is 1. The van der Waals surface area contributed by atoms with Crippen LogP contribution in [0.1, 0.15) is 44.1 Å². The van der Waals surface area contributed by atoms with Gasteiger partial charge in [-0.3, -0.25) is 4.98 Å². The lowest BCUT2D eigenvalue weighted by molar-refractivity contribution is 0.165. The largest absolute Gasteiger partial charge is 0.324 e. The SMILES string of the molecule is Cc1cc(Nc2cnccn2)nc([C@H]2CCCN(C(C)C)C2)n1. The van der Waals surface area contributed by atoms with Crippen LogP contribution in [0, 0.1) is 6.92 Å². The lowest BCUT2D eigenvalue weighted by Crippen LogP contribution is -2.39. The molecule has 3 heterocycles. The third kappa shape index (κ3) is 4.01.